The second-order valence-corrected chi connectivity index (χ2v) is 4.86. The van der Waals surface area contributed by atoms with Gasteiger partial charge in [-0.15, -0.1) is 0 Å². The van der Waals surface area contributed by atoms with E-state index in [-0.39, 0.29) is 0 Å². The fraction of sp³-hybridized carbons (Fsp3) is 0.600. The number of hydrogen-bond donors (Lipinski definition) is 1. The van der Waals surface area contributed by atoms with Gasteiger partial charge < -0.3 is 19.7 Å². The summed E-state index contributed by atoms with van der Waals surface area (Å²) in [6.07, 6.45) is 0. The molecule has 4 nitrogen and oxygen atoms in total. The number of benzene rings is 1. The van der Waals surface area contributed by atoms with E-state index in [0.717, 1.165) is 32.1 Å². The van der Waals surface area contributed by atoms with Crippen molar-refractivity contribution in [3.05, 3.63) is 29.8 Å². The maximum absolute atomic E-state index is 5.54. The van der Waals surface area contributed by atoms with E-state index in [1.54, 1.807) is 7.11 Å². The van der Waals surface area contributed by atoms with E-state index < -0.39 is 0 Å². The number of nitrogens with one attached hydrogen (secondary N) is 1. The molecule has 1 aromatic rings. The minimum Gasteiger partial charge on any atom is -0.497 e. The molecule has 0 bridgehead atoms. The zero-order valence-electron chi connectivity index (χ0n) is 12.5. The summed E-state index contributed by atoms with van der Waals surface area (Å²) in [6, 6.07) is 8.47. The lowest BCUT2D eigenvalue weighted by molar-refractivity contribution is 0.118. The summed E-state index contributed by atoms with van der Waals surface area (Å²) in [5.41, 5.74) is 1.26. The van der Waals surface area contributed by atoms with Crippen molar-refractivity contribution in [3.63, 3.8) is 0 Å². The maximum atomic E-state index is 5.54. The van der Waals surface area contributed by atoms with Crippen LogP contribution in [0.2, 0.25) is 0 Å². The number of nitrogens with zero attached hydrogens (tertiary/aromatic N) is 1. The number of ether oxygens (including phenoxy) is 2. The fourth-order valence-corrected chi connectivity index (χ4v) is 1.71. The smallest absolute Gasteiger partial charge is 0.118 e. The van der Waals surface area contributed by atoms with E-state index in [9.17, 15) is 0 Å². The van der Waals surface area contributed by atoms with Crippen LogP contribution in [0.3, 0.4) is 0 Å². The standard InChI is InChI=1S/C15H26N2O2/c1-13(14-5-7-15(18-4)8-6-14)16-9-11-19-12-10-17(2)3/h5-8,13,16H,9-12H2,1-4H3. The monoisotopic (exact) mass is 266 g/mol. The van der Waals surface area contributed by atoms with Crippen molar-refractivity contribution in [1.29, 1.82) is 0 Å². The highest BCUT2D eigenvalue weighted by molar-refractivity contribution is 5.28. The van der Waals surface area contributed by atoms with E-state index in [2.05, 4.69) is 29.3 Å². The number of likely N-dealkylation sites (N-methyl/N-ethyl adjacent to an activating group) is 1. The molecule has 0 amide bonds. The van der Waals surface area contributed by atoms with Crippen molar-refractivity contribution >= 4 is 0 Å². The first-order valence-electron chi connectivity index (χ1n) is 6.73. The summed E-state index contributed by atoms with van der Waals surface area (Å²) in [7, 11) is 5.78. The van der Waals surface area contributed by atoms with Gasteiger partial charge in [0.05, 0.1) is 20.3 Å². The molecule has 1 unspecified atom stereocenters. The van der Waals surface area contributed by atoms with Gasteiger partial charge >= 0.3 is 0 Å². The van der Waals surface area contributed by atoms with Gasteiger partial charge in [-0.25, -0.2) is 0 Å². The van der Waals surface area contributed by atoms with Crippen LogP contribution in [0, 0.1) is 0 Å². The number of methoxy groups -OCH3 is 1. The van der Waals surface area contributed by atoms with E-state index in [1.807, 2.05) is 26.2 Å². The largest absolute Gasteiger partial charge is 0.497 e. The molecule has 1 aromatic carbocycles. The molecule has 0 saturated carbocycles. The maximum Gasteiger partial charge on any atom is 0.118 e. The Labute approximate surface area is 116 Å². The normalized spacial score (nSPS) is 12.7. The first-order chi connectivity index (χ1) is 9.13. The van der Waals surface area contributed by atoms with Crippen LogP contribution in [0.5, 0.6) is 5.75 Å². The van der Waals surface area contributed by atoms with Gasteiger partial charge in [-0.3, -0.25) is 0 Å². The zero-order chi connectivity index (χ0) is 14.1. The van der Waals surface area contributed by atoms with Crippen LogP contribution in [0.25, 0.3) is 0 Å². The third-order valence-electron chi connectivity index (χ3n) is 3.00. The van der Waals surface area contributed by atoms with Crippen molar-refractivity contribution in [2.45, 2.75) is 13.0 Å². The molecule has 0 radical (unpaired) electrons. The Morgan fingerprint density at radius 1 is 1.16 bits per heavy atom. The fourth-order valence-electron chi connectivity index (χ4n) is 1.71. The Morgan fingerprint density at radius 2 is 1.84 bits per heavy atom. The number of rotatable bonds is 9. The molecule has 19 heavy (non-hydrogen) atoms. The van der Waals surface area contributed by atoms with Crippen LogP contribution in [0.4, 0.5) is 0 Å². The van der Waals surface area contributed by atoms with Crippen LogP contribution in [-0.2, 0) is 4.74 Å². The predicted octanol–water partition coefficient (Wildman–Crippen LogP) is 1.92. The van der Waals surface area contributed by atoms with Gasteiger partial charge in [0.15, 0.2) is 0 Å². The average molecular weight is 266 g/mol. The molecule has 1 atom stereocenters. The Morgan fingerprint density at radius 3 is 2.42 bits per heavy atom. The molecule has 0 spiro atoms. The summed E-state index contributed by atoms with van der Waals surface area (Å²) in [6.45, 7) is 5.51. The molecule has 0 heterocycles. The first-order valence-corrected chi connectivity index (χ1v) is 6.73. The van der Waals surface area contributed by atoms with Crippen LogP contribution in [0.15, 0.2) is 24.3 Å². The number of hydrogen-bond acceptors (Lipinski definition) is 4. The molecule has 0 aliphatic rings. The first kappa shape index (κ1) is 16.0. The van der Waals surface area contributed by atoms with Crippen molar-refractivity contribution in [2.75, 3.05) is 47.5 Å². The predicted molar refractivity (Wildman–Crippen MR) is 78.8 cm³/mol. The lowest BCUT2D eigenvalue weighted by Gasteiger charge is -2.15. The van der Waals surface area contributed by atoms with Crippen molar-refractivity contribution < 1.29 is 9.47 Å². The van der Waals surface area contributed by atoms with Crippen molar-refractivity contribution in [1.82, 2.24) is 10.2 Å². The lowest BCUT2D eigenvalue weighted by Crippen LogP contribution is -2.25. The van der Waals surface area contributed by atoms with Crippen LogP contribution in [-0.4, -0.2) is 52.4 Å². The third-order valence-corrected chi connectivity index (χ3v) is 3.00. The highest BCUT2D eigenvalue weighted by Gasteiger charge is 2.04. The van der Waals surface area contributed by atoms with Crippen LogP contribution in [0.1, 0.15) is 18.5 Å². The van der Waals surface area contributed by atoms with E-state index in [4.69, 9.17) is 9.47 Å². The van der Waals surface area contributed by atoms with Crippen molar-refractivity contribution in [3.8, 4) is 5.75 Å². The van der Waals surface area contributed by atoms with Gasteiger partial charge in [-0.05, 0) is 38.7 Å². The quantitative estimate of drug-likeness (QED) is 0.692. The van der Waals surface area contributed by atoms with Gasteiger partial charge in [-0.2, -0.15) is 0 Å². The molecule has 1 rings (SSSR count). The molecule has 1 N–H and O–H groups in total. The highest BCUT2D eigenvalue weighted by atomic mass is 16.5. The summed E-state index contributed by atoms with van der Waals surface area (Å²) in [5, 5.41) is 3.45. The minimum atomic E-state index is 0.323. The summed E-state index contributed by atoms with van der Waals surface area (Å²) in [5.74, 6) is 0.892. The van der Waals surface area contributed by atoms with E-state index >= 15 is 0 Å². The lowest BCUT2D eigenvalue weighted by atomic mass is 10.1. The van der Waals surface area contributed by atoms with Gasteiger partial charge in [0.2, 0.25) is 0 Å². The second kappa shape index (κ2) is 8.91. The van der Waals surface area contributed by atoms with Gasteiger partial charge in [0.25, 0.3) is 0 Å². The molecule has 0 aliphatic carbocycles. The molecular formula is C15H26N2O2. The molecule has 0 saturated heterocycles. The highest BCUT2D eigenvalue weighted by Crippen LogP contribution is 2.16. The van der Waals surface area contributed by atoms with Crippen LogP contribution < -0.4 is 10.1 Å². The average Bonchev–Trinajstić information content (AvgIpc) is 2.42. The summed E-state index contributed by atoms with van der Waals surface area (Å²) < 4.78 is 10.7. The van der Waals surface area contributed by atoms with Gasteiger partial charge in [0.1, 0.15) is 5.75 Å². The van der Waals surface area contributed by atoms with Crippen LogP contribution >= 0.6 is 0 Å². The Balaban J connectivity index is 2.17. The summed E-state index contributed by atoms with van der Waals surface area (Å²) in [4.78, 5) is 2.12. The topological polar surface area (TPSA) is 33.7 Å². The molecule has 108 valence electrons. The Bertz CT molecular complexity index is 339. The third kappa shape index (κ3) is 6.57. The zero-order valence-corrected chi connectivity index (χ0v) is 12.5. The Hall–Kier alpha value is -1.10. The van der Waals surface area contributed by atoms with Gasteiger partial charge in [-0.1, -0.05) is 12.1 Å². The SMILES string of the molecule is COc1ccc(C(C)NCCOCCN(C)C)cc1. The van der Waals surface area contributed by atoms with E-state index in [0.29, 0.717) is 6.04 Å². The molecule has 0 fully saturated rings. The minimum absolute atomic E-state index is 0.323. The van der Waals surface area contributed by atoms with E-state index in [1.165, 1.54) is 5.56 Å². The van der Waals surface area contributed by atoms with Gasteiger partial charge in [0, 0.05) is 19.1 Å². The molecule has 4 heteroatoms. The molecular weight excluding hydrogens is 240 g/mol. The molecule has 0 aromatic heterocycles. The second-order valence-electron chi connectivity index (χ2n) is 4.86. The molecule has 0 aliphatic heterocycles. The summed E-state index contributed by atoms with van der Waals surface area (Å²) >= 11 is 0. The Kier molecular flexibility index (Phi) is 7.48. The van der Waals surface area contributed by atoms with Crippen molar-refractivity contribution in [2.24, 2.45) is 0 Å².